The molecule has 1 unspecified atom stereocenters. The molecular formula is C12H15BrN2O3. The van der Waals surface area contributed by atoms with Gasteiger partial charge < -0.3 is 10.4 Å². The number of amides is 1. The normalized spacial score (nSPS) is 11.9. The Morgan fingerprint density at radius 1 is 1.50 bits per heavy atom. The van der Waals surface area contributed by atoms with Gasteiger partial charge in [0, 0.05) is 16.7 Å². The maximum atomic E-state index is 11.8. The summed E-state index contributed by atoms with van der Waals surface area (Å²) in [6.45, 7) is 1.94. The average molecular weight is 315 g/mol. The van der Waals surface area contributed by atoms with Gasteiger partial charge in [-0.25, -0.2) is 4.98 Å². The summed E-state index contributed by atoms with van der Waals surface area (Å²) in [7, 11) is 0. The lowest BCUT2D eigenvalue weighted by molar-refractivity contribution is -0.137. The molecule has 98 valence electrons. The van der Waals surface area contributed by atoms with E-state index in [9.17, 15) is 9.59 Å². The van der Waals surface area contributed by atoms with Crippen LogP contribution in [0.4, 0.5) is 0 Å². The first kappa shape index (κ1) is 14.6. The predicted molar refractivity (Wildman–Crippen MR) is 70.4 cm³/mol. The van der Waals surface area contributed by atoms with Crippen LogP contribution in [0.5, 0.6) is 0 Å². The lowest BCUT2D eigenvalue weighted by atomic mass is 10.1. The van der Waals surface area contributed by atoms with Crippen LogP contribution in [0.3, 0.4) is 0 Å². The molecule has 0 aliphatic carbocycles. The van der Waals surface area contributed by atoms with Crippen molar-refractivity contribution < 1.29 is 14.7 Å². The molecule has 1 atom stereocenters. The van der Waals surface area contributed by atoms with Gasteiger partial charge in [0.2, 0.25) is 0 Å². The Balaban J connectivity index is 2.65. The second-order valence-corrected chi connectivity index (χ2v) is 4.83. The number of aromatic nitrogens is 1. The van der Waals surface area contributed by atoms with Crippen LogP contribution in [0.1, 0.15) is 36.7 Å². The molecule has 0 saturated carbocycles. The Kier molecular flexibility index (Phi) is 5.77. The molecule has 5 nitrogen and oxygen atoms in total. The van der Waals surface area contributed by atoms with Gasteiger partial charge in [-0.2, -0.15) is 0 Å². The molecule has 0 fully saturated rings. The second-order valence-electron chi connectivity index (χ2n) is 3.92. The van der Waals surface area contributed by atoms with E-state index in [-0.39, 0.29) is 24.1 Å². The molecule has 1 aromatic heterocycles. The van der Waals surface area contributed by atoms with E-state index in [0.717, 1.165) is 10.9 Å². The van der Waals surface area contributed by atoms with E-state index in [1.165, 1.54) is 6.20 Å². The molecule has 0 saturated heterocycles. The number of nitrogens with zero attached hydrogens (tertiary/aromatic N) is 1. The van der Waals surface area contributed by atoms with E-state index in [4.69, 9.17) is 5.11 Å². The fraction of sp³-hybridized carbons (Fsp3) is 0.417. The highest BCUT2D eigenvalue weighted by Gasteiger charge is 2.16. The van der Waals surface area contributed by atoms with Gasteiger partial charge in [0.1, 0.15) is 5.69 Å². The van der Waals surface area contributed by atoms with Crippen molar-refractivity contribution in [3.05, 3.63) is 28.5 Å². The summed E-state index contributed by atoms with van der Waals surface area (Å²) in [6, 6.07) is 2.95. The third kappa shape index (κ3) is 4.83. The summed E-state index contributed by atoms with van der Waals surface area (Å²) in [4.78, 5) is 26.5. The van der Waals surface area contributed by atoms with Crippen molar-refractivity contribution in [3.63, 3.8) is 0 Å². The number of aliphatic carboxylic acids is 1. The number of carboxylic acids is 1. The number of rotatable bonds is 6. The average Bonchev–Trinajstić information content (AvgIpc) is 2.29. The zero-order valence-corrected chi connectivity index (χ0v) is 11.6. The summed E-state index contributed by atoms with van der Waals surface area (Å²) in [5, 5.41) is 11.4. The first-order valence-corrected chi connectivity index (χ1v) is 6.46. The van der Waals surface area contributed by atoms with E-state index >= 15 is 0 Å². The van der Waals surface area contributed by atoms with Crippen LogP contribution in [0.2, 0.25) is 0 Å². The van der Waals surface area contributed by atoms with Crippen molar-refractivity contribution in [1.29, 1.82) is 0 Å². The van der Waals surface area contributed by atoms with E-state index in [1.54, 1.807) is 12.1 Å². The number of nitrogens with one attached hydrogen (secondary N) is 1. The highest BCUT2D eigenvalue weighted by atomic mass is 79.9. The molecule has 0 aliphatic rings. The first-order valence-electron chi connectivity index (χ1n) is 5.67. The Hall–Kier alpha value is -1.43. The number of hydrogen-bond donors (Lipinski definition) is 2. The Morgan fingerprint density at radius 3 is 2.72 bits per heavy atom. The molecule has 0 radical (unpaired) electrons. The second kappa shape index (κ2) is 7.10. The Morgan fingerprint density at radius 2 is 2.22 bits per heavy atom. The van der Waals surface area contributed by atoms with E-state index in [0.29, 0.717) is 6.42 Å². The molecule has 0 aromatic carbocycles. The predicted octanol–water partition coefficient (Wildman–Crippen LogP) is 2.22. The summed E-state index contributed by atoms with van der Waals surface area (Å²) in [5.41, 5.74) is 0.282. The third-order valence-electron chi connectivity index (χ3n) is 2.35. The molecule has 0 spiro atoms. The SMILES string of the molecule is CCCC(CC(=O)O)NC(=O)c1ccc(Br)cn1. The van der Waals surface area contributed by atoms with Crippen LogP contribution < -0.4 is 5.32 Å². The number of carboxylic acid groups (broad SMARTS) is 1. The number of pyridine rings is 1. The number of halogens is 1. The number of carbonyl (C=O) groups is 2. The minimum absolute atomic E-state index is 0.0733. The summed E-state index contributed by atoms with van der Waals surface area (Å²) in [6.07, 6.45) is 2.90. The van der Waals surface area contributed by atoms with E-state index < -0.39 is 5.97 Å². The lowest BCUT2D eigenvalue weighted by Gasteiger charge is -2.15. The van der Waals surface area contributed by atoms with Crippen LogP contribution in [-0.2, 0) is 4.79 Å². The maximum absolute atomic E-state index is 11.8. The van der Waals surface area contributed by atoms with Gasteiger partial charge >= 0.3 is 5.97 Å². The van der Waals surface area contributed by atoms with Gasteiger partial charge in [0.15, 0.2) is 0 Å². The fourth-order valence-electron chi connectivity index (χ4n) is 1.55. The van der Waals surface area contributed by atoms with Crippen LogP contribution >= 0.6 is 15.9 Å². The van der Waals surface area contributed by atoms with Crippen LogP contribution in [0.15, 0.2) is 22.8 Å². The maximum Gasteiger partial charge on any atom is 0.305 e. The van der Waals surface area contributed by atoms with Crippen molar-refractivity contribution in [1.82, 2.24) is 10.3 Å². The quantitative estimate of drug-likeness (QED) is 0.843. The molecule has 1 heterocycles. The first-order chi connectivity index (χ1) is 8.52. The molecule has 2 N–H and O–H groups in total. The number of carbonyl (C=O) groups excluding carboxylic acids is 1. The molecule has 18 heavy (non-hydrogen) atoms. The van der Waals surface area contributed by atoms with Gasteiger partial charge in [-0.05, 0) is 34.5 Å². The summed E-state index contributed by atoms with van der Waals surface area (Å²) < 4.78 is 0.787. The molecule has 0 aliphatic heterocycles. The summed E-state index contributed by atoms with van der Waals surface area (Å²) in [5.74, 6) is -1.26. The fourth-order valence-corrected chi connectivity index (χ4v) is 1.79. The summed E-state index contributed by atoms with van der Waals surface area (Å²) >= 11 is 3.23. The molecule has 0 bridgehead atoms. The van der Waals surface area contributed by atoms with Gasteiger partial charge in [0.25, 0.3) is 5.91 Å². The van der Waals surface area contributed by atoms with Crippen molar-refractivity contribution in [2.75, 3.05) is 0 Å². The van der Waals surface area contributed by atoms with Crippen molar-refractivity contribution in [2.45, 2.75) is 32.2 Å². The van der Waals surface area contributed by atoms with Crippen molar-refractivity contribution in [3.8, 4) is 0 Å². The zero-order valence-electron chi connectivity index (χ0n) is 10.0. The zero-order chi connectivity index (χ0) is 13.5. The molecular weight excluding hydrogens is 300 g/mol. The largest absolute Gasteiger partial charge is 0.481 e. The molecule has 1 rings (SSSR count). The Bertz CT molecular complexity index is 420. The van der Waals surface area contributed by atoms with Gasteiger partial charge in [-0.15, -0.1) is 0 Å². The van der Waals surface area contributed by atoms with Gasteiger partial charge in [0.05, 0.1) is 6.42 Å². The van der Waals surface area contributed by atoms with Crippen LogP contribution in [0, 0.1) is 0 Å². The van der Waals surface area contributed by atoms with Crippen molar-refractivity contribution in [2.24, 2.45) is 0 Å². The standard InChI is InChI=1S/C12H15BrN2O3/c1-2-3-9(6-11(16)17)15-12(18)10-5-4-8(13)7-14-10/h4-5,7,9H,2-3,6H2,1H3,(H,15,18)(H,16,17). The molecule has 6 heteroatoms. The van der Waals surface area contributed by atoms with E-state index in [1.807, 2.05) is 6.92 Å². The smallest absolute Gasteiger partial charge is 0.305 e. The number of hydrogen-bond acceptors (Lipinski definition) is 3. The molecule has 1 amide bonds. The Labute approximate surface area is 114 Å². The molecule has 1 aromatic rings. The van der Waals surface area contributed by atoms with Gasteiger partial charge in [-0.3, -0.25) is 9.59 Å². The van der Waals surface area contributed by atoms with Gasteiger partial charge in [-0.1, -0.05) is 13.3 Å². The van der Waals surface area contributed by atoms with E-state index in [2.05, 4.69) is 26.2 Å². The highest BCUT2D eigenvalue weighted by molar-refractivity contribution is 9.10. The minimum atomic E-state index is -0.919. The topological polar surface area (TPSA) is 79.3 Å². The van der Waals surface area contributed by atoms with Crippen molar-refractivity contribution >= 4 is 27.8 Å². The van der Waals surface area contributed by atoms with Crippen LogP contribution in [0.25, 0.3) is 0 Å². The monoisotopic (exact) mass is 314 g/mol. The lowest BCUT2D eigenvalue weighted by Crippen LogP contribution is -2.36. The highest BCUT2D eigenvalue weighted by Crippen LogP contribution is 2.08. The minimum Gasteiger partial charge on any atom is -0.481 e. The third-order valence-corrected chi connectivity index (χ3v) is 2.82. The van der Waals surface area contributed by atoms with Crippen LogP contribution in [-0.4, -0.2) is 28.0 Å².